The first-order valence-electron chi connectivity index (χ1n) is 5.93. The van der Waals surface area contributed by atoms with Gasteiger partial charge in [0.15, 0.2) is 5.78 Å². The van der Waals surface area contributed by atoms with E-state index in [-0.39, 0.29) is 5.78 Å². The highest BCUT2D eigenvalue weighted by Crippen LogP contribution is 2.32. The summed E-state index contributed by atoms with van der Waals surface area (Å²) >= 11 is 1.79. The van der Waals surface area contributed by atoms with E-state index in [1.807, 2.05) is 18.2 Å². The van der Waals surface area contributed by atoms with Gasteiger partial charge in [0, 0.05) is 16.0 Å². The zero-order valence-corrected chi connectivity index (χ0v) is 11.4. The van der Waals surface area contributed by atoms with Crippen LogP contribution in [0.25, 0.3) is 11.0 Å². The third-order valence-corrected chi connectivity index (χ3v) is 4.10. The van der Waals surface area contributed by atoms with E-state index in [1.54, 1.807) is 18.0 Å². The Bertz CT molecular complexity index is 581. The van der Waals surface area contributed by atoms with Crippen molar-refractivity contribution in [3.8, 4) is 0 Å². The fourth-order valence-electron chi connectivity index (χ4n) is 1.72. The van der Waals surface area contributed by atoms with Crippen LogP contribution in [0.4, 0.5) is 0 Å². The molecular weight excluding hydrogens is 244 g/mol. The van der Waals surface area contributed by atoms with Gasteiger partial charge in [-0.3, -0.25) is 4.79 Å². The van der Waals surface area contributed by atoms with Gasteiger partial charge in [0.05, 0.1) is 11.8 Å². The third-order valence-electron chi connectivity index (χ3n) is 2.60. The van der Waals surface area contributed by atoms with Crippen molar-refractivity contribution >= 4 is 28.5 Å². The number of carbonyl (C=O) groups is 1. The molecule has 0 saturated carbocycles. The number of carbonyl (C=O) groups excluding carboxylic acids is 1. The average molecular weight is 260 g/mol. The van der Waals surface area contributed by atoms with Crippen molar-refractivity contribution in [3.05, 3.63) is 42.7 Å². The van der Waals surface area contributed by atoms with E-state index in [0.717, 1.165) is 16.0 Å². The van der Waals surface area contributed by atoms with E-state index in [0.29, 0.717) is 17.1 Å². The van der Waals surface area contributed by atoms with E-state index in [4.69, 9.17) is 4.42 Å². The fourth-order valence-corrected chi connectivity index (χ4v) is 2.72. The molecule has 1 aromatic carbocycles. The molecule has 0 aliphatic rings. The van der Waals surface area contributed by atoms with Gasteiger partial charge in [0.25, 0.3) is 0 Å². The minimum Gasteiger partial charge on any atom is -0.464 e. The molecular formula is C15H16O2S. The second-order valence-electron chi connectivity index (χ2n) is 4.55. The lowest BCUT2D eigenvalue weighted by Gasteiger charge is -2.07. The third kappa shape index (κ3) is 2.51. The smallest absolute Gasteiger partial charge is 0.189 e. The number of hydrogen-bond acceptors (Lipinski definition) is 3. The lowest BCUT2D eigenvalue weighted by Crippen LogP contribution is -1.95. The SMILES string of the molecule is C=CC(=O)c1ccc(SCC(C)C)c2ccoc12. The van der Waals surface area contributed by atoms with Crippen LogP contribution in [0.5, 0.6) is 0 Å². The van der Waals surface area contributed by atoms with Gasteiger partial charge in [-0.25, -0.2) is 0 Å². The van der Waals surface area contributed by atoms with E-state index >= 15 is 0 Å². The molecule has 94 valence electrons. The van der Waals surface area contributed by atoms with Gasteiger partial charge in [0.1, 0.15) is 5.58 Å². The molecule has 0 aliphatic heterocycles. The lowest BCUT2D eigenvalue weighted by molar-refractivity contribution is 0.104. The van der Waals surface area contributed by atoms with Crippen LogP contribution in [0, 0.1) is 5.92 Å². The van der Waals surface area contributed by atoms with E-state index < -0.39 is 0 Å². The van der Waals surface area contributed by atoms with Crippen LogP contribution in [-0.4, -0.2) is 11.5 Å². The van der Waals surface area contributed by atoms with Gasteiger partial charge in [-0.05, 0) is 30.2 Å². The van der Waals surface area contributed by atoms with Crippen molar-refractivity contribution in [3.63, 3.8) is 0 Å². The highest BCUT2D eigenvalue weighted by molar-refractivity contribution is 7.99. The van der Waals surface area contributed by atoms with Crippen LogP contribution in [-0.2, 0) is 0 Å². The molecule has 18 heavy (non-hydrogen) atoms. The molecule has 2 rings (SSSR count). The molecule has 3 heteroatoms. The maximum absolute atomic E-state index is 11.7. The highest BCUT2D eigenvalue weighted by Gasteiger charge is 2.13. The van der Waals surface area contributed by atoms with Crippen LogP contribution < -0.4 is 0 Å². The summed E-state index contributed by atoms with van der Waals surface area (Å²) < 4.78 is 5.44. The Labute approximate surface area is 111 Å². The maximum atomic E-state index is 11.7. The largest absolute Gasteiger partial charge is 0.464 e. The number of allylic oxidation sites excluding steroid dienone is 1. The molecule has 0 unspecified atom stereocenters. The van der Waals surface area contributed by atoms with Crippen molar-refractivity contribution < 1.29 is 9.21 Å². The van der Waals surface area contributed by atoms with Crippen LogP contribution >= 0.6 is 11.8 Å². The Morgan fingerprint density at radius 1 is 1.44 bits per heavy atom. The predicted molar refractivity (Wildman–Crippen MR) is 76.3 cm³/mol. The van der Waals surface area contributed by atoms with Crippen molar-refractivity contribution in [2.75, 3.05) is 5.75 Å². The summed E-state index contributed by atoms with van der Waals surface area (Å²) in [6, 6.07) is 5.72. The van der Waals surface area contributed by atoms with E-state index in [1.165, 1.54) is 6.08 Å². The first kappa shape index (κ1) is 13.0. The number of ketones is 1. The molecule has 0 atom stereocenters. The van der Waals surface area contributed by atoms with E-state index in [9.17, 15) is 4.79 Å². The first-order chi connectivity index (χ1) is 8.63. The van der Waals surface area contributed by atoms with Crippen LogP contribution in [0.2, 0.25) is 0 Å². The highest BCUT2D eigenvalue weighted by atomic mass is 32.2. The zero-order valence-electron chi connectivity index (χ0n) is 10.6. The monoisotopic (exact) mass is 260 g/mol. The molecule has 0 bridgehead atoms. The number of fused-ring (bicyclic) bond motifs is 1. The zero-order chi connectivity index (χ0) is 13.1. The second kappa shape index (κ2) is 5.44. The molecule has 0 aliphatic carbocycles. The van der Waals surface area contributed by atoms with Crippen molar-refractivity contribution in [2.45, 2.75) is 18.7 Å². The summed E-state index contributed by atoms with van der Waals surface area (Å²) in [7, 11) is 0. The Kier molecular flexibility index (Phi) is 3.92. The van der Waals surface area contributed by atoms with Gasteiger partial charge >= 0.3 is 0 Å². The average Bonchev–Trinajstić information content (AvgIpc) is 2.84. The van der Waals surface area contributed by atoms with Crippen LogP contribution in [0.1, 0.15) is 24.2 Å². The minimum absolute atomic E-state index is 0.102. The standard InChI is InChI=1S/C15H16O2S/c1-4-13(16)11-5-6-14(18-9-10(2)3)12-7-8-17-15(11)12/h4-8,10H,1,9H2,2-3H3. The minimum atomic E-state index is -0.102. The Hall–Kier alpha value is -1.48. The molecule has 0 radical (unpaired) electrons. The predicted octanol–water partition coefficient (Wildman–Crippen LogP) is 4.55. The molecule has 1 heterocycles. The Morgan fingerprint density at radius 2 is 2.22 bits per heavy atom. The summed E-state index contributed by atoms with van der Waals surface area (Å²) in [5.74, 6) is 1.58. The summed E-state index contributed by atoms with van der Waals surface area (Å²) in [5, 5.41) is 1.01. The van der Waals surface area contributed by atoms with Crippen molar-refractivity contribution in [2.24, 2.45) is 5.92 Å². The van der Waals surface area contributed by atoms with Gasteiger partial charge in [-0.2, -0.15) is 0 Å². The van der Waals surface area contributed by atoms with Gasteiger partial charge in [0.2, 0.25) is 0 Å². The van der Waals surface area contributed by atoms with Crippen LogP contribution in [0.15, 0.2) is 46.4 Å². The molecule has 0 fully saturated rings. The molecule has 0 N–H and O–H groups in total. The number of benzene rings is 1. The first-order valence-corrected chi connectivity index (χ1v) is 6.91. The molecule has 1 aromatic heterocycles. The number of thioether (sulfide) groups is 1. The van der Waals surface area contributed by atoms with Crippen molar-refractivity contribution in [1.29, 1.82) is 0 Å². The fraction of sp³-hybridized carbons (Fsp3) is 0.267. The summed E-state index contributed by atoms with van der Waals surface area (Å²) in [5.41, 5.74) is 1.24. The van der Waals surface area contributed by atoms with Gasteiger partial charge < -0.3 is 4.42 Å². The Morgan fingerprint density at radius 3 is 2.89 bits per heavy atom. The molecule has 2 nitrogen and oxygen atoms in total. The topological polar surface area (TPSA) is 30.2 Å². The lowest BCUT2D eigenvalue weighted by atomic mass is 10.1. The normalized spacial score (nSPS) is 11.1. The quantitative estimate of drug-likeness (QED) is 0.449. The number of hydrogen-bond donors (Lipinski definition) is 0. The Balaban J connectivity index is 2.43. The molecule has 0 amide bonds. The van der Waals surface area contributed by atoms with Gasteiger partial charge in [-0.15, -0.1) is 11.8 Å². The van der Waals surface area contributed by atoms with Crippen molar-refractivity contribution in [1.82, 2.24) is 0 Å². The van der Waals surface area contributed by atoms with Crippen LogP contribution in [0.3, 0.4) is 0 Å². The molecule has 0 spiro atoms. The van der Waals surface area contributed by atoms with Gasteiger partial charge in [-0.1, -0.05) is 20.4 Å². The number of rotatable bonds is 5. The molecule has 2 aromatic rings. The summed E-state index contributed by atoms with van der Waals surface area (Å²) in [6.07, 6.45) is 2.95. The van der Waals surface area contributed by atoms with E-state index in [2.05, 4.69) is 20.4 Å². The molecule has 0 saturated heterocycles. The second-order valence-corrected chi connectivity index (χ2v) is 5.61. The maximum Gasteiger partial charge on any atom is 0.189 e. The summed E-state index contributed by atoms with van der Waals surface area (Å²) in [6.45, 7) is 7.89. The summed E-state index contributed by atoms with van der Waals surface area (Å²) in [4.78, 5) is 12.9. The number of furan rings is 1.